The van der Waals surface area contributed by atoms with Crippen LogP contribution in [0, 0.1) is 5.41 Å². The predicted molar refractivity (Wildman–Crippen MR) is 82.4 cm³/mol. The monoisotopic (exact) mass is 286 g/mol. The first-order chi connectivity index (χ1) is 10.3. The lowest BCUT2D eigenvalue weighted by atomic mass is 9.76. The molecular formula is C16H22N4O. The van der Waals surface area contributed by atoms with Gasteiger partial charge in [-0.2, -0.15) is 0 Å². The second-order valence-corrected chi connectivity index (χ2v) is 6.44. The van der Waals surface area contributed by atoms with Crippen molar-refractivity contribution in [2.45, 2.75) is 38.2 Å². The minimum absolute atomic E-state index is 0.320. The summed E-state index contributed by atoms with van der Waals surface area (Å²) in [4.78, 5) is 14.5. The summed E-state index contributed by atoms with van der Waals surface area (Å²) < 4.78 is 5.80. The van der Waals surface area contributed by atoms with Crippen molar-refractivity contribution in [3.05, 3.63) is 18.6 Å². The van der Waals surface area contributed by atoms with Crippen molar-refractivity contribution in [2.24, 2.45) is 5.41 Å². The van der Waals surface area contributed by atoms with Gasteiger partial charge >= 0.3 is 0 Å². The highest BCUT2D eigenvalue weighted by atomic mass is 16.5. The summed E-state index contributed by atoms with van der Waals surface area (Å²) >= 11 is 0. The van der Waals surface area contributed by atoms with Crippen molar-refractivity contribution in [2.75, 3.05) is 25.1 Å². The zero-order chi connectivity index (χ0) is 14.3. The fourth-order valence-corrected chi connectivity index (χ4v) is 4.39. The van der Waals surface area contributed by atoms with Crippen LogP contribution in [0.1, 0.15) is 32.1 Å². The lowest BCUT2D eigenvalue weighted by Crippen LogP contribution is -2.48. The maximum Gasteiger partial charge on any atom is 0.142 e. The number of rotatable bonds is 2. The average Bonchev–Trinajstić information content (AvgIpc) is 3.13. The fourth-order valence-electron chi connectivity index (χ4n) is 4.39. The van der Waals surface area contributed by atoms with E-state index in [0.29, 0.717) is 11.5 Å². The molecule has 2 fully saturated rings. The largest absolute Gasteiger partial charge is 0.381 e. The van der Waals surface area contributed by atoms with Gasteiger partial charge in [0.15, 0.2) is 0 Å². The van der Waals surface area contributed by atoms with Gasteiger partial charge in [-0.1, -0.05) is 6.42 Å². The van der Waals surface area contributed by atoms with Crippen molar-refractivity contribution < 1.29 is 4.74 Å². The van der Waals surface area contributed by atoms with Gasteiger partial charge in [0, 0.05) is 31.8 Å². The third-order valence-electron chi connectivity index (χ3n) is 5.35. The van der Waals surface area contributed by atoms with E-state index >= 15 is 0 Å². The first-order valence-electron chi connectivity index (χ1n) is 7.88. The van der Waals surface area contributed by atoms with Crippen molar-refractivity contribution in [1.82, 2.24) is 15.0 Å². The lowest BCUT2D eigenvalue weighted by molar-refractivity contribution is 0.00220. The molecule has 21 heavy (non-hydrogen) atoms. The number of ether oxygens (including phenoxy) is 1. The SMILES string of the molecule is CO[C@@H]1CCC[C@@]12CCCN(c1ncnc3[nH]ccc13)C2. The molecular weight excluding hydrogens is 264 g/mol. The van der Waals surface area contributed by atoms with Gasteiger partial charge in [0.25, 0.3) is 0 Å². The van der Waals surface area contributed by atoms with E-state index in [1.165, 1.54) is 32.1 Å². The summed E-state index contributed by atoms with van der Waals surface area (Å²) in [7, 11) is 1.87. The second kappa shape index (κ2) is 4.98. The van der Waals surface area contributed by atoms with Crippen LogP contribution in [0.4, 0.5) is 5.82 Å². The molecule has 1 saturated heterocycles. The van der Waals surface area contributed by atoms with E-state index in [9.17, 15) is 0 Å². The molecule has 1 aliphatic heterocycles. The Balaban J connectivity index is 1.68. The highest BCUT2D eigenvalue weighted by Gasteiger charge is 2.46. The van der Waals surface area contributed by atoms with Gasteiger partial charge in [0.1, 0.15) is 17.8 Å². The normalized spacial score (nSPS) is 29.6. The molecule has 2 atom stereocenters. The van der Waals surface area contributed by atoms with E-state index in [4.69, 9.17) is 4.74 Å². The van der Waals surface area contributed by atoms with Crippen LogP contribution in [0.25, 0.3) is 11.0 Å². The molecule has 4 rings (SSSR count). The molecule has 2 aromatic heterocycles. The van der Waals surface area contributed by atoms with E-state index in [0.717, 1.165) is 29.9 Å². The van der Waals surface area contributed by atoms with Crippen molar-refractivity contribution in [3.63, 3.8) is 0 Å². The highest BCUT2D eigenvalue weighted by Crippen LogP contribution is 2.47. The van der Waals surface area contributed by atoms with Gasteiger partial charge in [0.2, 0.25) is 0 Å². The minimum atomic E-state index is 0.320. The van der Waals surface area contributed by atoms with Crippen LogP contribution in [0.5, 0.6) is 0 Å². The second-order valence-electron chi connectivity index (χ2n) is 6.44. The average molecular weight is 286 g/mol. The quantitative estimate of drug-likeness (QED) is 0.922. The summed E-state index contributed by atoms with van der Waals surface area (Å²) in [5.41, 5.74) is 1.25. The molecule has 1 spiro atoms. The van der Waals surface area contributed by atoms with Gasteiger partial charge < -0.3 is 14.6 Å². The fraction of sp³-hybridized carbons (Fsp3) is 0.625. The van der Waals surface area contributed by atoms with Crippen LogP contribution in [0.3, 0.4) is 0 Å². The molecule has 0 amide bonds. The van der Waals surface area contributed by atoms with Crippen LogP contribution in [-0.2, 0) is 4.74 Å². The molecule has 2 aromatic rings. The number of H-pyrrole nitrogens is 1. The Kier molecular flexibility index (Phi) is 3.10. The summed E-state index contributed by atoms with van der Waals surface area (Å²) in [6, 6.07) is 2.08. The Bertz CT molecular complexity index is 640. The van der Waals surface area contributed by atoms with Gasteiger partial charge in [-0.3, -0.25) is 0 Å². The zero-order valence-corrected chi connectivity index (χ0v) is 12.5. The number of piperidine rings is 1. The van der Waals surface area contributed by atoms with Crippen molar-refractivity contribution >= 4 is 16.9 Å². The van der Waals surface area contributed by atoms with Crippen LogP contribution < -0.4 is 4.90 Å². The smallest absolute Gasteiger partial charge is 0.142 e. The number of aromatic amines is 1. The van der Waals surface area contributed by atoms with Gasteiger partial charge in [-0.05, 0) is 31.7 Å². The Labute approximate surface area is 124 Å². The van der Waals surface area contributed by atoms with E-state index in [2.05, 4.69) is 25.9 Å². The first kappa shape index (κ1) is 13.1. The van der Waals surface area contributed by atoms with Crippen LogP contribution in [0.15, 0.2) is 18.6 Å². The summed E-state index contributed by atoms with van der Waals surface area (Å²) in [6.07, 6.45) is 10.3. The predicted octanol–water partition coefficient (Wildman–Crippen LogP) is 2.74. The number of anilines is 1. The standard InChI is InChI=1S/C16H22N4O/c1-21-13-4-2-6-16(13)7-3-9-20(10-16)15-12-5-8-17-14(12)18-11-19-15/h5,8,11,13H,2-4,6-7,9-10H2,1H3,(H,17,18,19)/t13-,16+/m1/s1. The van der Waals surface area contributed by atoms with Gasteiger partial charge in [-0.25, -0.2) is 9.97 Å². The third kappa shape index (κ3) is 2.02. The summed E-state index contributed by atoms with van der Waals surface area (Å²) in [5.74, 6) is 1.07. The molecule has 0 radical (unpaired) electrons. The molecule has 5 heteroatoms. The number of hydrogen-bond donors (Lipinski definition) is 1. The first-order valence-corrected chi connectivity index (χ1v) is 7.88. The third-order valence-corrected chi connectivity index (χ3v) is 5.35. The van der Waals surface area contributed by atoms with E-state index < -0.39 is 0 Å². The molecule has 3 heterocycles. The van der Waals surface area contributed by atoms with Crippen LogP contribution in [0.2, 0.25) is 0 Å². The molecule has 0 aromatic carbocycles. The molecule has 2 aliphatic rings. The maximum atomic E-state index is 5.80. The number of methoxy groups -OCH3 is 1. The Morgan fingerprint density at radius 3 is 3.14 bits per heavy atom. The van der Waals surface area contributed by atoms with E-state index in [1.54, 1.807) is 6.33 Å². The van der Waals surface area contributed by atoms with Crippen LogP contribution >= 0.6 is 0 Å². The Morgan fingerprint density at radius 1 is 1.33 bits per heavy atom. The molecule has 112 valence electrons. The van der Waals surface area contributed by atoms with E-state index in [-0.39, 0.29) is 0 Å². The number of aromatic nitrogens is 3. The number of nitrogens with one attached hydrogen (secondary N) is 1. The van der Waals surface area contributed by atoms with Crippen molar-refractivity contribution in [1.29, 1.82) is 0 Å². The molecule has 1 N–H and O–H groups in total. The highest BCUT2D eigenvalue weighted by molar-refractivity contribution is 5.87. The topological polar surface area (TPSA) is 54.0 Å². The van der Waals surface area contributed by atoms with Gasteiger partial charge in [0.05, 0.1) is 11.5 Å². The molecule has 0 bridgehead atoms. The zero-order valence-electron chi connectivity index (χ0n) is 12.5. The van der Waals surface area contributed by atoms with E-state index in [1.807, 2.05) is 13.3 Å². The van der Waals surface area contributed by atoms with Crippen molar-refractivity contribution in [3.8, 4) is 0 Å². The molecule has 1 saturated carbocycles. The summed E-state index contributed by atoms with van der Waals surface area (Å²) in [5, 5.41) is 1.13. The number of nitrogens with zero attached hydrogens (tertiary/aromatic N) is 3. The Morgan fingerprint density at radius 2 is 2.24 bits per heavy atom. The molecule has 1 aliphatic carbocycles. The number of fused-ring (bicyclic) bond motifs is 1. The minimum Gasteiger partial charge on any atom is -0.381 e. The van der Waals surface area contributed by atoms with Gasteiger partial charge in [-0.15, -0.1) is 0 Å². The van der Waals surface area contributed by atoms with Crippen LogP contribution in [-0.4, -0.2) is 41.3 Å². The molecule has 5 nitrogen and oxygen atoms in total. The molecule has 0 unspecified atom stereocenters. The Hall–Kier alpha value is -1.62. The number of hydrogen-bond acceptors (Lipinski definition) is 4. The lowest BCUT2D eigenvalue weighted by Gasteiger charge is -2.44. The maximum absolute atomic E-state index is 5.80. The summed E-state index contributed by atoms with van der Waals surface area (Å²) in [6.45, 7) is 2.14.